The first-order chi connectivity index (χ1) is 13.2. The molecule has 178 valence electrons. The largest absolute Gasteiger partial charge is 0.379 e. The van der Waals surface area contributed by atoms with Crippen LogP contribution >= 0.6 is 0 Å². The van der Waals surface area contributed by atoms with Gasteiger partial charge in [0.25, 0.3) is 0 Å². The van der Waals surface area contributed by atoms with E-state index in [1.54, 1.807) is 14.2 Å². The van der Waals surface area contributed by atoms with Crippen molar-refractivity contribution in [3.05, 3.63) is 0 Å². The second-order valence-corrected chi connectivity index (χ2v) is 11.8. The molecular weight excluding hydrogens is 382 g/mol. The van der Waals surface area contributed by atoms with Crippen molar-refractivity contribution in [2.75, 3.05) is 14.2 Å². The molecule has 0 fully saturated rings. The Bertz CT molecular complexity index is 590. The highest BCUT2D eigenvalue weighted by atomic mass is 16.5. The normalized spacial score (nSPS) is 15.0. The minimum absolute atomic E-state index is 0.202. The fourth-order valence-electron chi connectivity index (χ4n) is 3.91. The maximum absolute atomic E-state index is 13.2. The van der Waals surface area contributed by atoms with Gasteiger partial charge >= 0.3 is 0 Å². The lowest BCUT2D eigenvalue weighted by Crippen LogP contribution is -2.58. The van der Waals surface area contributed by atoms with Gasteiger partial charge in [-0.05, 0) is 74.7 Å². The smallest absolute Gasteiger partial charge is 0.243 e. The average molecular weight is 430 g/mol. The predicted molar refractivity (Wildman–Crippen MR) is 122 cm³/mol. The number of ether oxygens (including phenoxy) is 2. The van der Waals surface area contributed by atoms with Gasteiger partial charge in [0.2, 0.25) is 11.8 Å². The van der Waals surface area contributed by atoms with Crippen LogP contribution in [0.4, 0.5) is 0 Å². The highest BCUT2D eigenvalue weighted by Gasteiger charge is 2.39. The third-order valence-corrected chi connectivity index (χ3v) is 5.27. The monoisotopic (exact) mass is 429 g/mol. The van der Waals surface area contributed by atoms with Crippen molar-refractivity contribution < 1.29 is 19.1 Å². The summed E-state index contributed by atoms with van der Waals surface area (Å²) in [6.07, 6.45) is 1.44. The summed E-state index contributed by atoms with van der Waals surface area (Å²) in [4.78, 5) is 26.3. The van der Waals surface area contributed by atoms with Gasteiger partial charge in [0.05, 0.1) is 11.2 Å². The van der Waals surface area contributed by atoms with Gasteiger partial charge in [-0.25, -0.2) is 0 Å². The molecule has 1 unspecified atom stereocenters. The molecule has 0 aliphatic heterocycles. The number of nitrogens with two attached hydrogens (primary N) is 1. The summed E-state index contributed by atoms with van der Waals surface area (Å²) in [5.74, 6) is -0.451. The van der Waals surface area contributed by atoms with Crippen molar-refractivity contribution in [1.82, 2.24) is 10.6 Å². The van der Waals surface area contributed by atoms with Gasteiger partial charge < -0.3 is 25.8 Å². The zero-order valence-corrected chi connectivity index (χ0v) is 21.4. The molecule has 0 bridgehead atoms. The third kappa shape index (κ3) is 10.7. The molecule has 0 aromatic heterocycles. The fraction of sp³-hybridized carbons (Fsp3) is 0.913. The minimum Gasteiger partial charge on any atom is -0.379 e. The van der Waals surface area contributed by atoms with E-state index in [4.69, 9.17) is 15.2 Å². The van der Waals surface area contributed by atoms with Gasteiger partial charge in [-0.3, -0.25) is 9.59 Å². The Hall–Kier alpha value is -1.18. The van der Waals surface area contributed by atoms with Crippen LogP contribution in [0.2, 0.25) is 0 Å². The van der Waals surface area contributed by atoms with Crippen LogP contribution in [0.15, 0.2) is 0 Å². The number of carbonyl (C=O) groups is 2. The summed E-state index contributed by atoms with van der Waals surface area (Å²) in [7, 11) is 3.28. The lowest BCUT2D eigenvalue weighted by molar-refractivity contribution is -0.138. The second kappa shape index (κ2) is 9.96. The summed E-state index contributed by atoms with van der Waals surface area (Å²) in [6, 6.07) is -0.743. The molecule has 7 nitrogen and oxygen atoms in total. The number of methoxy groups -OCH3 is 2. The molecule has 0 saturated heterocycles. The van der Waals surface area contributed by atoms with E-state index in [0.29, 0.717) is 19.3 Å². The van der Waals surface area contributed by atoms with Crippen molar-refractivity contribution in [2.24, 2.45) is 11.1 Å². The van der Waals surface area contributed by atoms with Crippen molar-refractivity contribution in [3.8, 4) is 0 Å². The van der Waals surface area contributed by atoms with Gasteiger partial charge in [0.1, 0.15) is 6.04 Å². The molecule has 0 radical (unpaired) electrons. The summed E-state index contributed by atoms with van der Waals surface area (Å²) >= 11 is 0. The Labute approximate surface area is 184 Å². The Morgan fingerprint density at radius 3 is 1.67 bits per heavy atom. The number of nitrogens with one attached hydrogen (secondary N) is 2. The Morgan fingerprint density at radius 1 is 0.833 bits per heavy atom. The lowest BCUT2D eigenvalue weighted by Gasteiger charge is -2.38. The molecule has 7 heteroatoms. The fourth-order valence-corrected chi connectivity index (χ4v) is 3.91. The molecule has 0 heterocycles. The summed E-state index contributed by atoms with van der Waals surface area (Å²) in [6.45, 7) is 19.1. The van der Waals surface area contributed by atoms with Crippen molar-refractivity contribution in [3.63, 3.8) is 0 Å². The molecular formula is C23H47N3O4. The number of amides is 2. The first-order valence-corrected chi connectivity index (χ1v) is 10.7. The van der Waals surface area contributed by atoms with Crippen LogP contribution in [0.5, 0.6) is 0 Å². The second-order valence-electron chi connectivity index (χ2n) is 11.8. The van der Waals surface area contributed by atoms with Crippen LogP contribution in [0.3, 0.4) is 0 Å². The highest BCUT2D eigenvalue weighted by molar-refractivity contribution is 5.90. The Balaban J connectivity index is 5.51. The molecule has 0 aliphatic carbocycles. The topological polar surface area (TPSA) is 103 Å². The maximum Gasteiger partial charge on any atom is 0.243 e. The Morgan fingerprint density at radius 2 is 1.27 bits per heavy atom. The molecule has 0 saturated carbocycles. The highest BCUT2D eigenvalue weighted by Crippen LogP contribution is 2.30. The van der Waals surface area contributed by atoms with Crippen LogP contribution < -0.4 is 16.4 Å². The molecule has 2 amide bonds. The molecule has 4 N–H and O–H groups in total. The van der Waals surface area contributed by atoms with Gasteiger partial charge in [-0.15, -0.1) is 0 Å². The van der Waals surface area contributed by atoms with Crippen molar-refractivity contribution in [1.29, 1.82) is 0 Å². The molecule has 0 aromatic carbocycles. The molecule has 30 heavy (non-hydrogen) atoms. The molecule has 0 aromatic rings. The van der Waals surface area contributed by atoms with Crippen LogP contribution in [0.1, 0.15) is 88.5 Å². The SMILES string of the molecule is COC(C)(C)CC(C)(C)NC(=O)C(CC(C)(C)N)NC(=O)C(C)(C)CC(C)(C)OC. The van der Waals surface area contributed by atoms with Gasteiger partial charge in [-0.2, -0.15) is 0 Å². The third-order valence-electron chi connectivity index (χ3n) is 5.27. The number of carbonyl (C=O) groups excluding carboxylic acids is 2. The molecule has 0 spiro atoms. The maximum atomic E-state index is 13.2. The van der Waals surface area contributed by atoms with E-state index in [1.807, 2.05) is 69.2 Å². The quantitative estimate of drug-likeness (QED) is 0.442. The Kier molecular flexibility index (Phi) is 9.57. The first-order valence-electron chi connectivity index (χ1n) is 10.7. The zero-order valence-electron chi connectivity index (χ0n) is 21.4. The summed E-state index contributed by atoms with van der Waals surface area (Å²) in [5, 5.41) is 6.01. The van der Waals surface area contributed by atoms with Gasteiger partial charge in [0, 0.05) is 30.7 Å². The molecule has 0 rings (SSSR count). The minimum atomic E-state index is -0.743. The van der Waals surface area contributed by atoms with Crippen LogP contribution in [0, 0.1) is 5.41 Å². The van der Waals surface area contributed by atoms with Gasteiger partial charge in [-0.1, -0.05) is 13.8 Å². The van der Waals surface area contributed by atoms with Crippen molar-refractivity contribution in [2.45, 2.75) is 117 Å². The van der Waals surface area contributed by atoms with E-state index in [0.717, 1.165) is 0 Å². The van der Waals surface area contributed by atoms with E-state index in [-0.39, 0.29) is 11.8 Å². The number of hydrogen-bond acceptors (Lipinski definition) is 5. The van der Waals surface area contributed by atoms with E-state index < -0.39 is 33.7 Å². The number of hydrogen-bond donors (Lipinski definition) is 3. The van der Waals surface area contributed by atoms with E-state index in [1.165, 1.54) is 0 Å². The average Bonchev–Trinajstić information content (AvgIpc) is 2.50. The molecule has 1 atom stereocenters. The predicted octanol–water partition coefficient (Wildman–Crippen LogP) is 3.15. The zero-order chi connectivity index (χ0) is 24.2. The van der Waals surface area contributed by atoms with Crippen LogP contribution in [0.25, 0.3) is 0 Å². The first kappa shape index (κ1) is 28.8. The van der Waals surface area contributed by atoms with Gasteiger partial charge in [0.15, 0.2) is 0 Å². The number of rotatable bonds is 12. The van der Waals surface area contributed by atoms with E-state index in [2.05, 4.69) is 10.6 Å². The lowest BCUT2D eigenvalue weighted by atomic mass is 9.80. The molecule has 0 aliphatic rings. The van der Waals surface area contributed by atoms with Crippen molar-refractivity contribution >= 4 is 11.8 Å². The van der Waals surface area contributed by atoms with E-state index in [9.17, 15) is 9.59 Å². The van der Waals surface area contributed by atoms with E-state index >= 15 is 0 Å². The van der Waals surface area contributed by atoms with Crippen LogP contribution in [-0.2, 0) is 19.1 Å². The standard InChI is InChI=1S/C23H47N3O4/c1-19(2,14-22(7,8)29-11)18(28)25-16(13-20(3,4)24)17(27)26-21(5,6)15-23(9,10)30-12/h16H,13-15,24H2,1-12H3,(H,25,28)(H,26,27). The summed E-state index contributed by atoms with van der Waals surface area (Å²) in [5.41, 5.74) is 3.48. The summed E-state index contributed by atoms with van der Waals surface area (Å²) < 4.78 is 11.0. The van der Waals surface area contributed by atoms with Crippen LogP contribution in [-0.4, -0.2) is 54.4 Å².